The number of benzene rings is 7. The van der Waals surface area contributed by atoms with Gasteiger partial charge in [-0.05, 0) is 57.0 Å². The molecule has 10 aromatic rings. The SMILES string of the molecule is c1ccc(-c2nc(-c3ccccc3)nc(-c3cccc(-c4ccccc4-c4ccccc4-c4cccc(-c5nc(-c6ccccc6)nc(-c6cccs6)n5)c4)c3)n2)cc1. The third-order valence-electron chi connectivity index (χ3n) is 10.1. The summed E-state index contributed by atoms with van der Waals surface area (Å²) in [6.07, 6.45) is 0. The molecule has 0 radical (unpaired) electrons. The second kappa shape index (κ2) is 16.0. The molecule has 278 valence electrons. The standard InChI is InChI=1S/C52H34N6S/c1-4-17-35(18-5-1)47-53-48(36-19-6-2-7-20-36)55-50(54-47)40-25-14-23-38(33-40)42-27-10-12-29-44(42)45-30-13-11-28-43(45)39-24-15-26-41(34-39)51-56-49(37-21-8-3-9-22-37)57-52(58-51)46-31-16-32-59-46/h1-34H. The van der Waals surface area contributed by atoms with E-state index in [4.69, 9.17) is 29.9 Å². The zero-order valence-corrected chi connectivity index (χ0v) is 32.5. The van der Waals surface area contributed by atoms with Gasteiger partial charge in [-0.2, -0.15) is 0 Å². The molecule has 6 nitrogen and oxygen atoms in total. The summed E-state index contributed by atoms with van der Waals surface area (Å²) in [6, 6.07) is 68.4. The molecule has 0 unspecified atom stereocenters. The van der Waals surface area contributed by atoms with Gasteiger partial charge in [-0.1, -0.05) is 182 Å². The van der Waals surface area contributed by atoms with Gasteiger partial charge in [-0.25, -0.2) is 29.9 Å². The molecule has 3 heterocycles. The first-order valence-electron chi connectivity index (χ1n) is 19.4. The Hall–Kier alpha value is -7.74. The highest BCUT2D eigenvalue weighted by atomic mass is 32.1. The van der Waals surface area contributed by atoms with Gasteiger partial charge in [0.1, 0.15) is 0 Å². The maximum Gasteiger partial charge on any atom is 0.174 e. The molecule has 0 saturated carbocycles. The van der Waals surface area contributed by atoms with E-state index < -0.39 is 0 Å². The maximum absolute atomic E-state index is 5.01. The van der Waals surface area contributed by atoms with Gasteiger partial charge in [-0.15, -0.1) is 11.3 Å². The van der Waals surface area contributed by atoms with Crippen LogP contribution in [0.3, 0.4) is 0 Å². The smallest absolute Gasteiger partial charge is 0.174 e. The van der Waals surface area contributed by atoms with Crippen LogP contribution in [0.4, 0.5) is 0 Å². The minimum atomic E-state index is 0.616. The summed E-state index contributed by atoms with van der Waals surface area (Å²) in [7, 11) is 0. The molecule has 0 N–H and O–H groups in total. The first-order chi connectivity index (χ1) is 29.2. The first kappa shape index (κ1) is 35.7. The summed E-state index contributed by atoms with van der Waals surface area (Å²) < 4.78 is 0. The van der Waals surface area contributed by atoms with Crippen LogP contribution in [0.5, 0.6) is 0 Å². The van der Waals surface area contributed by atoms with Crippen LogP contribution >= 0.6 is 11.3 Å². The molecular formula is C52H34N6S. The van der Waals surface area contributed by atoms with E-state index in [2.05, 4.69) is 97.1 Å². The number of rotatable bonds is 9. The van der Waals surface area contributed by atoms with Crippen LogP contribution in [0.25, 0.3) is 101 Å². The van der Waals surface area contributed by atoms with E-state index in [9.17, 15) is 0 Å². The van der Waals surface area contributed by atoms with Gasteiger partial charge in [0.25, 0.3) is 0 Å². The molecule has 0 aliphatic rings. The van der Waals surface area contributed by atoms with Crippen LogP contribution in [0.1, 0.15) is 0 Å². The molecule has 0 spiro atoms. The summed E-state index contributed by atoms with van der Waals surface area (Å²) >= 11 is 1.62. The van der Waals surface area contributed by atoms with E-state index in [0.29, 0.717) is 34.9 Å². The fourth-order valence-corrected chi connectivity index (χ4v) is 7.92. The average Bonchev–Trinajstić information content (AvgIpc) is 3.88. The van der Waals surface area contributed by atoms with Crippen molar-refractivity contribution in [3.63, 3.8) is 0 Å². The summed E-state index contributed by atoms with van der Waals surface area (Å²) in [5.41, 5.74) is 11.2. The predicted molar refractivity (Wildman–Crippen MR) is 240 cm³/mol. The lowest BCUT2D eigenvalue weighted by Crippen LogP contribution is -2.00. The molecule has 0 aliphatic heterocycles. The highest BCUT2D eigenvalue weighted by molar-refractivity contribution is 7.13. The topological polar surface area (TPSA) is 77.3 Å². The van der Waals surface area contributed by atoms with E-state index in [1.807, 2.05) is 109 Å². The summed E-state index contributed by atoms with van der Waals surface area (Å²) in [6.45, 7) is 0. The molecule has 0 atom stereocenters. The van der Waals surface area contributed by atoms with Crippen molar-refractivity contribution in [1.82, 2.24) is 29.9 Å². The number of hydrogen-bond donors (Lipinski definition) is 0. The number of thiophene rings is 1. The maximum atomic E-state index is 5.01. The van der Waals surface area contributed by atoms with Gasteiger partial charge in [0.15, 0.2) is 34.9 Å². The lowest BCUT2D eigenvalue weighted by atomic mass is 9.88. The Bertz CT molecular complexity index is 2980. The quantitative estimate of drug-likeness (QED) is 0.145. The van der Waals surface area contributed by atoms with Crippen molar-refractivity contribution < 1.29 is 0 Å². The van der Waals surface area contributed by atoms with Crippen molar-refractivity contribution in [2.24, 2.45) is 0 Å². The van der Waals surface area contributed by atoms with Gasteiger partial charge >= 0.3 is 0 Å². The highest BCUT2D eigenvalue weighted by Gasteiger charge is 2.18. The molecule has 0 fully saturated rings. The van der Waals surface area contributed by atoms with Crippen LogP contribution in [-0.2, 0) is 0 Å². The second-order valence-corrected chi connectivity index (χ2v) is 14.9. The van der Waals surface area contributed by atoms with E-state index in [0.717, 1.165) is 66.1 Å². The minimum Gasteiger partial charge on any atom is -0.208 e. The van der Waals surface area contributed by atoms with Crippen LogP contribution in [0, 0.1) is 0 Å². The molecule has 3 aromatic heterocycles. The molecule has 59 heavy (non-hydrogen) atoms. The molecule has 0 amide bonds. The summed E-state index contributed by atoms with van der Waals surface area (Å²) in [5.74, 6) is 3.81. The predicted octanol–water partition coefficient (Wildman–Crippen LogP) is 13.1. The van der Waals surface area contributed by atoms with Gasteiger partial charge in [-0.3, -0.25) is 0 Å². The number of nitrogens with zero attached hydrogens (tertiary/aromatic N) is 6. The van der Waals surface area contributed by atoms with Crippen LogP contribution in [0.15, 0.2) is 206 Å². The monoisotopic (exact) mass is 774 g/mol. The van der Waals surface area contributed by atoms with Crippen LogP contribution in [0.2, 0.25) is 0 Å². The normalized spacial score (nSPS) is 11.1. The Morgan fingerprint density at radius 3 is 0.949 bits per heavy atom. The van der Waals surface area contributed by atoms with Crippen molar-refractivity contribution in [2.45, 2.75) is 0 Å². The zero-order valence-electron chi connectivity index (χ0n) is 31.7. The molecule has 0 aliphatic carbocycles. The van der Waals surface area contributed by atoms with Gasteiger partial charge in [0.05, 0.1) is 4.88 Å². The van der Waals surface area contributed by atoms with Crippen molar-refractivity contribution in [2.75, 3.05) is 0 Å². The molecule has 0 saturated heterocycles. The second-order valence-electron chi connectivity index (χ2n) is 13.9. The van der Waals surface area contributed by atoms with Crippen LogP contribution in [-0.4, -0.2) is 29.9 Å². The Morgan fingerprint density at radius 1 is 0.237 bits per heavy atom. The van der Waals surface area contributed by atoms with Crippen molar-refractivity contribution >= 4 is 11.3 Å². The van der Waals surface area contributed by atoms with E-state index in [-0.39, 0.29) is 0 Å². The Kier molecular flexibility index (Phi) is 9.68. The fraction of sp³-hybridized carbons (Fsp3) is 0. The average molecular weight is 775 g/mol. The minimum absolute atomic E-state index is 0.616. The van der Waals surface area contributed by atoms with Crippen molar-refractivity contribution in [3.8, 4) is 101 Å². The first-order valence-corrected chi connectivity index (χ1v) is 20.2. The molecule has 10 rings (SSSR count). The summed E-state index contributed by atoms with van der Waals surface area (Å²) in [4.78, 5) is 30.8. The van der Waals surface area contributed by atoms with Crippen LogP contribution < -0.4 is 0 Å². The van der Waals surface area contributed by atoms with Crippen molar-refractivity contribution in [1.29, 1.82) is 0 Å². The number of hydrogen-bond acceptors (Lipinski definition) is 7. The lowest BCUT2D eigenvalue weighted by molar-refractivity contribution is 1.07. The third kappa shape index (κ3) is 7.46. The van der Waals surface area contributed by atoms with E-state index >= 15 is 0 Å². The van der Waals surface area contributed by atoms with Gasteiger partial charge in [0.2, 0.25) is 0 Å². The van der Waals surface area contributed by atoms with Gasteiger partial charge < -0.3 is 0 Å². The third-order valence-corrected chi connectivity index (χ3v) is 11.0. The molecule has 0 bridgehead atoms. The Balaban J connectivity index is 1.05. The molecular weight excluding hydrogens is 741 g/mol. The zero-order chi connectivity index (χ0) is 39.4. The number of aromatic nitrogens is 6. The summed E-state index contributed by atoms with van der Waals surface area (Å²) in [5, 5.41) is 2.04. The molecule has 7 aromatic carbocycles. The highest BCUT2D eigenvalue weighted by Crippen LogP contribution is 2.40. The van der Waals surface area contributed by atoms with Crippen molar-refractivity contribution in [3.05, 3.63) is 206 Å². The molecule has 7 heteroatoms. The lowest BCUT2D eigenvalue weighted by Gasteiger charge is -2.16. The van der Waals surface area contributed by atoms with E-state index in [1.165, 1.54) is 0 Å². The Morgan fingerprint density at radius 2 is 0.559 bits per heavy atom. The van der Waals surface area contributed by atoms with E-state index in [1.54, 1.807) is 11.3 Å². The van der Waals surface area contributed by atoms with Gasteiger partial charge in [0, 0.05) is 27.8 Å². The fourth-order valence-electron chi connectivity index (χ4n) is 7.27. The largest absolute Gasteiger partial charge is 0.208 e. The Labute approximate surface area is 346 Å².